The van der Waals surface area contributed by atoms with Crippen molar-refractivity contribution in [1.82, 2.24) is 0 Å². The zero-order valence-electron chi connectivity index (χ0n) is 22.1. The van der Waals surface area contributed by atoms with Crippen molar-refractivity contribution in [2.24, 2.45) is 0 Å². The highest BCUT2D eigenvalue weighted by atomic mass is 32.2. The van der Waals surface area contributed by atoms with Crippen molar-refractivity contribution in [1.29, 1.82) is 0 Å². The molecule has 0 aliphatic carbocycles. The smallest absolute Gasteiger partial charge is 0.297 e. The molecule has 2 aromatic rings. The summed E-state index contributed by atoms with van der Waals surface area (Å²) >= 11 is 1.67. The summed E-state index contributed by atoms with van der Waals surface area (Å²) in [6.07, 6.45) is 3.12. The number of rotatable bonds is 10. The van der Waals surface area contributed by atoms with E-state index in [0.29, 0.717) is 24.0 Å². The fourth-order valence-electron chi connectivity index (χ4n) is 4.40. The largest absolute Gasteiger partial charge is 0.346 e. The average Bonchev–Trinajstić information content (AvgIpc) is 2.83. The molecule has 2 aromatic carbocycles. The Hall–Kier alpha value is -1.38. The number of hydrogen-bond acceptors (Lipinski definition) is 6. The number of benzene rings is 2. The summed E-state index contributed by atoms with van der Waals surface area (Å²) in [7, 11) is -3.99. The molecule has 194 valence electrons. The summed E-state index contributed by atoms with van der Waals surface area (Å²) in [4.78, 5) is 1.46. The molecule has 0 unspecified atom stereocenters. The van der Waals surface area contributed by atoms with Gasteiger partial charge >= 0.3 is 0 Å². The predicted molar refractivity (Wildman–Crippen MR) is 143 cm³/mol. The molecule has 3 rings (SSSR count). The van der Waals surface area contributed by atoms with Crippen LogP contribution in [0.3, 0.4) is 0 Å². The summed E-state index contributed by atoms with van der Waals surface area (Å²) in [6, 6.07) is 12.1. The van der Waals surface area contributed by atoms with Gasteiger partial charge in [0.25, 0.3) is 10.1 Å². The monoisotopic (exact) mass is 520 g/mol. The molecular weight excluding hydrogens is 480 g/mol. The Balaban J connectivity index is 1.91. The van der Waals surface area contributed by atoms with Crippen molar-refractivity contribution in [3.63, 3.8) is 0 Å². The lowest BCUT2D eigenvalue weighted by Crippen LogP contribution is -2.39. The molecule has 1 heterocycles. The highest BCUT2D eigenvalue weighted by Gasteiger charge is 2.38. The Labute approximate surface area is 216 Å². The maximum atomic E-state index is 13.6. The molecule has 0 bridgehead atoms. The average molecular weight is 521 g/mol. The molecule has 0 N–H and O–H groups in total. The van der Waals surface area contributed by atoms with Gasteiger partial charge < -0.3 is 9.47 Å². The zero-order valence-corrected chi connectivity index (χ0v) is 23.7. The van der Waals surface area contributed by atoms with Crippen LogP contribution in [0.2, 0.25) is 0 Å². The fraction of sp³-hybridized carbons (Fsp3) is 0.571. The molecule has 1 fully saturated rings. The van der Waals surface area contributed by atoms with E-state index in [2.05, 4.69) is 13.8 Å². The van der Waals surface area contributed by atoms with Gasteiger partial charge in [-0.05, 0) is 59.3 Å². The van der Waals surface area contributed by atoms with E-state index in [0.717, 1.165) is 33.6 Å². The Morgan fingerprint density at radius 3 is 1.91 bits per heavy atom. The molecular formula is C28H40O5S2. The van der Waals surface area contributed by atoms with Crippen molar-refractivity contribution in [2.75, 3.05) is 26.1 Å². The predicted octanol–water partition coefficient (Wildman–Crippen LogP) is 7.16. The van der Waals surface area contributed by atoms with Crippen molar-refractivity contribution in [3.05, 3.63) is 58.7 Å². The highest BCUT2D eigenvalue weighted by molar-refractivity contribution is 7.98. The van der Waals surface area contributed by atoms with E-state index >= 15 is 0 Å². The van der Waals surface area contributed by atoms with E-state index in [1.54, 1.807) is 11.8 Å². The molecule has 1 aliphatic rings. The third kappa shape index (κ3) is 6.50. The van der Waals surface area contributed by atoms with Crippen LogP contribution in [0.25, 0.3) is 0 Å². The summed E-state index contributed by atoms with van der Waals surface area (Å²) < 4.78 is 45.2. The van der Waals surface area contributed by atoms with Gasteiger partial charge in [-0.3, -0.25) is 4.18 Å². The van der Waals surface area contributed by atoms with Crippen LogP contribution in [0.5, 0.6) is 0 Å². The second-order valence-electron chi connectivity index (χ2n) is 10.1. The highest BCUT2D eigenvalue weighted by Crippen LogP contribution is 2.38. The van der Waals surface area contributed by atoms with Crippen LogP contribution in [0.4, 0.5) is 0 Å². The van der Waals surface area contributed by atoms with Crippen LogP contribution in [0, 0.1) is 0 Å². The van der Waals surface area contributed by atoms with Crippen LogP contribution in [-0.2, 0) is 29.6 Å². The van der Waals surface area contributed by atoms with E-state index in [9.17, 15) is 8.42 Å². The first-order chi connectivity index (χ1) is 16.5. The molecule has 5 nitrogen and oxygen atoms in total. The minimum absolute atomic E-state index is 0.0341. The van der Waals surface area contributed by atoms with E-state index in [-0.39, 0.29) is 24.9 Å². The molecule has 35 heavy (non-hydrogen) atoms. The van der Waals surface area contributed by atoms with Gasteiger partial charge in [0.1, 0.15) is 4.90 Å². The molecule has 7 heteroatoms. The Kier molecular flexibility index (Phi) is 9.49. The van der Waals surface area contributed by atoms with Crippen LogP contribution in [-0.4, -0.2) is 34.5 Å². The molecule has 0 aromatic heterocycles. The summed E-state index contributed by atoms with van der Waals surface area (Å²) in [5.74, 6) is -0.606. The lowest BCUT2D eigenvalue weighted by Gasteiger charge is -2.37. The van der Waals surface area contributed by atoms with Gasteiger partial charge in [0.2, 0.25) is 0 Å². The molecule has 0 atom stereocenters. The molecule has 1 aliphatic heterocycles. The van der Waals surface area contributed by atoms with Crippen LogP contribution in [0.15, 0.2) is 46.2 Å². The maximum absolute atomic E-state index is 13.6. The molecule has 0 amide bonds. The van der Waals surface area contributed by atoms with Crippen molar-refractivity contribution >= 4 is 21.9 Å². The van der Waals surface area contributed by atoms with E-state index in [4.69, 9.17) is 13.7 Å². The van der Waals surface area contributed by atoms with Gasteiger partial charge in [-0.1, -0.05) is 65.8 Å². The van der Waals surface area contributed by atoms with Gasteiger partial charge in [-0.25, -0.2) is 0 Å². The van der Waals surface area contributed by atoms with Crippen LogP contribution in [0.1, 0.15) is 94.4 Å². The van der Waals surface area contributed by atoms with E-state index < -0.39 is 15.9 Å². The third-order valence-electron chi connectivity index (χ3n) is 6.49. The SMILES string of the molecule is CSc1ccc(C2(CCOS(=O)(=O)c3c(C(C)C)cc(C(C)C)cc3C(C)C)OCCCO2)cc1. The second-order valence-corrected chi connectivity index (χ2v) is 12.5. The minimum Gasteiger partial charge on any atom is -0.346 e. The lowest BCUT2D eigenvalue weighted by molar-refractivity contribution is -0.281. The quantitative estimate of drug-likeness (QED) is 0.245. The molecule has 0 radical (unpaired) electrons. The van der Waals surface area contributed by atoms with Crippen LogP contribution >= 0.6 is 11.8 Å². The Bertz CT molecular complexity index is 1050. The number of thioether (sulfide) groups is 1. The van der Waals surface area contributed by atoms with Crippen molar-refractivity contribution < 1.29 is 22.1 Å². The fourth-order valence-corrected chi connectivity index (χ4v) is 6.39. The van der Waals surface area contributed by atoms with E-state index in [1.807, 2.05) is 70.3 Å². The first-order valence-corrected chi connectivity index (χ1v) is 15.1. The summed E-state index contributed by atoms with van der Waals surface area (Å²) in [5, 5.41) is 0. The Morgan fingerprint density at radius 1 is 0.914 bits per heavy atom. The van der Waals surface area contributed by atoms with Gasteiger partial charge in [-0.2, -0.15) is 8.42 Å². The van der Waals surface area contributed by atoms with Gasteiger partial charge in [0, 0.05) is 16.9 Å². The minimum atomic E-state index is -3.99. The third-order valence-corrected chi connectivity index (χ3v) is 8.68. The van der Waals surface area contributed by atoms with Gasteiger partial charge in [0.05, 0.1) is 19.8 Å². The van der Waals surface area contributed by atoms with Gasteiger partial charge in [-0.15, -0.1) is 11.8 Å². The molecule has 1 saturated heterocycles. The topological polar surface area (TPSA) is 61.8 Å². The number of hydrogen-bond donors (Lipinski definition) is 0. The Morgan fingerprint density at radius 2 is 1.46 bits per heavy atom. The standard InChI is InChI=1S/C28H40O5S2/c1-19(2)22-17-25(20(3)4)27(26(18-22)21(5)6)35(29,30)33-16-13-28(31-14-8-15-32-28)23-9-11-24(34-7)12-10-23/h9-12,17-21H,8,13-16H2,1-7H3. The van der Waals surface area contributed by atoms with Gasteiger partial charge in [0.15, 0.2) is 5.79 Å². The zero-order chi connectivity index (χ0) is 25.8. The van der Waals surface area contributed by atoms with Crippen molar-refractivity contribution in [3.8, 4) is 0 Å². The molecule has 0 spiro atoms. The van der Waals surface area contributed by atoms with E-state index in [1.165, 1.54) is 0 Å². The number of ether oxygens (including phenoxy) is 2. The second kappa shape index (κ2) is 11.8. The summed E-state index contributed by atoms with van der Waals surface area (Å²) in [5.41, 5.74) is 3.65. The molecule has 0 saturated carbocycles. The van der Waals surface area contributed by atoms with Crippen LogP contribution < -0.4 is 0 Å². The maximum Gasteiger partial charge on any atom is 0.297 e. The van der Waals surface area contributed by atoms with Crippen molar-refractivity contribution in [2.45, 2.75) is 87.7 Å². The summed E-state index contributed by atoms with van der Waals surface area (Å²) in [6.45, 7) is 13.4. The lowest BCUT2D eigenvalue weighted by atomic mass is 9.89. The normalized spacial score (nSPS) is 16.4. The first-order valence-electron chi connectivity index (χ1n) is 12.5. The first kappa shape index (κ1) is 28.2.